The molecule has 1 aromatic heterocycles. The second-order valence-electron chi connectivity index (χ2n) is 6.05. The Kier molecular flexibility index (Phi) is 4.45. The molecule has 27 heavy (non-hydrogen) atoms. The van der Waals surface area contributed by atoms with E-state index in [-0.39, 0.29) is 5.91 Å². The van der Waals surface area contributed by atoms with Crippen LogP contribution in [-0.2, 0) is 4.79 Å². The zero-order valence-corrected chi connectivity index (χ0v) is 14.6. The Morgan fingerprint density at radius 2 is 1.33 bits per heavy atom. The first-order chi connectivity index (χ1) is 13.2. The molecule has 0 aliphatic carbocycles. The molecule has 4 nitrogen and oxygen atoms in total. The van der Waals surface area contributed by atoms with Gasteiger partial charge in [-0.2, -0.15) is 0 Å². The van der Waals surface area contributed by atoms with E-state index in [0.717, 1.165) is 33.5 Å². The van der Waals surface area contributed by atoms with Crippen LogP contribution in [0, 0.1) is 0 Å². The van der Waals surface area contributed by atoms with Gasteiger partial charge in [-0.15, -0.1) is 0 Å². The van der Waals surface area contributed by atoms with E-state index < -0.39 is 0 Å². The molecule has 0 saturated heterocycles. The van der Waals surface area contributed by atoms with Crippen molar-refractivity contribution in [1.82, 2.24) is 9.97 Å². The number of anilines is 1. The summed E-state index contributed by atoms with van der Waals surface area (Å²) in [5, 5.41) is 2.76. The van der Waals surface area contributed by atoms with Crippen LogP contribution in [0.25, 0.3) is 33.5 Å². The third-order valence-electron chi connectivity index (χ3n) is 4.21. The van der Waals surface area contributed by atoms with Gasteiger partial charge in [0.2, 0.25) is 5.91 Å². The molecule has 3 aromatic carbocycles. The van der Waals surface area contributed by atoms with Crippen molar-refractivity contribution in [2.45, 2.75) is 0 Å². The minimum Gasteiger partial charge on any atom is -0.322 e. The number of hydrogen-bond donors (Lipinski definition) is 1. The van der Waals surface area contributed by atoms with Crippen molar-refractivity contribution in [2.24, 2.45) is 0 Å². The van der Waals surface area contributed by atoms with Crippen molar-refractivity contribution in [3.8, 4) is 22.5 Å². The number of carbonyl (C=O) groups is 1. The van der Waals surface area contributed by atoms with Crippen LogP contribution in [0.3, 0.4) is 0 Å². The molecule has 0 aliphatic heterocycles. The summed E-state index contributed by atoms with van der Waals surface area (Å²) in [5.41, 5.74) is 5.79. The molecule has 0 radical (unpaired) electrons. The average Bonchev–Trinajstić information content (AvgIpc) is 2.74. The molecule has 0 aliphatic rings. The highest BCUT2D eigenvalue weighted by molar-refractivity contribution is 6.00. The van der Waals surface area contributed by atoms with Crippen molar-refractivity contribution in [1.29, 1.82) is 0 Å². The van der Waals surface area contributed by atoms with E-state index in [1.807, 2.05) is 78.9 Å². The Morgan fingerprint density at radius 1 is 0.778 bits per heavy atom. The molecular formula is C23H17N3O. The molecule has 0 spiro atoms. The first-order valence-electron chi connectivity index (χ1n) is 8.60. The summed E-state index contributed by atoms with van der Waals surface area (Å²) in [6, 6.07) is 25.5. The van der Waals surface area contributed by atoms with Crippen LogP contribution in [-0.4, -0.2) is 15.9 Å². The Hall–Kier alpha value is -3.79. The normalized spacial score (nSPS) is 10.5. The van der Waals surface area contributed by atoms with Gasteiger partial charge in [-0.1, -0.05) is 67.2 Å². The summed E-state index contributed by atoms with van der Waals surface area (Å²) in [7, 11) is 0. The maximum absolute atomic E-state index is 11.6. The van der Waals surface area contributed by atoms with Gasteiger partial charge in [0, 0.05) is 16.8 Å². The number of aromatic nitrogens is 2. The summed E-state index contributed by atoms with van der Waals surface area (Å²) in [6.07, 6.45) is 1.24. The fourth-order valence-electron chi connectivity index (χ4n) is 2.92. The van der Waals surface area contributed by atoms with Crippen molar-refractivity contribution < 1.29 is 4.79 Å². The Bertz CT molecular complexity index is 1120. The number of nitrogens with zero attached hydrogens (tertiary/aromatic N) is 2. The van der Waals surface area contributed by atoms with Crippen LogP contribution in [0.2, 0.25) is 0 Å². The average molecular weight is 351 g/mol. The highest BCUT2D eigenvalue weighted by Gasteiger charge is 2.13. The summed E-state index contributed by atoms with van der Waals surface area (Å²) < 4.78 is 0. The standard InChI is InChI=1S/C23H17N3O/c1-2-21(27)24-18-13-14-19-20(15-18)26-23(17-11-7-4-8-12-17)22(25-19)16-9-5-3-6-10-16/h2-15H,1H2,(H,24,27). The zero-order chi connectivity index (χ0) is 18.6. The molecular weight excluding hydrogens is 334 g/mol. The summed E-state index contributed by atoms with van der Waals surface area (Å²) in [5.74, 6) is -0.258. The van der Waals surface area contributed by atoms with E-state index in [9.17, 15) is 4.79 Å². The third-order valence-corrected chi connectivity index (χ3v) is 4.21. The number of amides is 1. The minimum atomic E-state index is -0.258. The van der Waals surface area contributed by atoms with Gasteiger partial charge in [0.1, 0.15) is 0 Å². The number of benzene rings is 3. The molecule has 1 N–H and O–H groups in total. The van der Waals surface area contributed by atoms with Crippen molar-refractivity contribution in [3.63, 3.8) is 0 Å². The molecule has 0 atom stereocenters. The number of rotatable bonds is 4. The molecule has 4 rings (SSSR count). The Balaban J connectivity index is 1.92. The summed E-state index contributed by atoms with van der Waals surface area (Å²) in [4.78, 5) is 21.3. The Labute approximate surface area is 157 Å². The second kappa shape index (κ2) is 7.22. The number of nitrogens with one attached hydrogen (secondary N) is 1. The van der Waals surface area contributed by atoms with E-state index in [4.69, 9.17) is 9.97 Å². The molecule has 4 aromatic rings. The minimum absolute atomic E-state index is 0.258. The lowest BCUT2D eigenvalue weighted by Crippen LogP contribution is -2.07. The monoisotopic (exact) mass is 351 g/mol. The van der Waals surface area contributed by atoms with E-state index in [2.05, 4.69) is 11.9 Å². The smallest absolute Gasteiger partial charge is 0.247 e. The first kappa shape index (κ1) is 16.7. The van der Waals surface area contributed by atoms with Crippen LogP contribution in [0.15, 0.2) is 91.5 Å². The maximum atomic E-state index is 11.6. The molecule has 1 heterocycles. The lowest BCUT2D eigenvalue weighted by molar-refractivity contribution is -0.111. The van der Waals surface area contributed by atoms with E-state index in [0.29, 0.717) is 5.69 Å². The summed E-state index contributed by atoms with van der Waals surface area (Å²) >= 11 is 0. The van der Waals surface area contributed by atoms with Gasteiger partial charge in [0.25, 0.3) is 0 Å². The highest BCUT2D eigenvalue weighted by atomic mass is 16.1. The molecule has 0 bridgehead atoms. The molecule has 0 fully saturated rings. The predicted octanol–water partition coefficient (Wildman–Crippen LogP) is 5.09. The van der Waals surface area contributed by atoms with Gasteiger partial charge in [0.05, 0.1) is 22.4 Å². The van der Waals surface area contributed by atoms with Gasteiger partial charge < -0.3 is 5.32 Å². The largest absolute Gasteiger partial charge is 0.322 e. The fraction of sp³-hybridized carbons (Fsp3) is 0. The van der Waals surface area contributed by atoms with Crippen LogP contribution in [0.1, 0.15) is 0 Å². The number of fused-ring (bicyclic) bond motifs is 1. The number of carbonyl (C=O) groups excluding carboxylic acids is 1. The zero-order valence-electron chi connectivity index (χ0n) is 14.6. The van der Waals surface area contributed by atoms with Gasteiger partial charge in [-0.25, -0.2) is 9.97 Å². The quantitative estimate of drug-likeness (QED) is 0.521. The van der Waals surface area contributed by atoms with Crippen molar-refractivity contribution in [2.75, 3.05) is 5.32 Å². The van der Waals surface area contributed by atoms with Crippen LogP contribution >= 0.6 is 0 Å². The lowest BCUT2D eigenvalue weighted by Gasteiger charge is -2.11. The van der Waals surface area contributed by atoms with Gasteiger partial charge in [0.15, 0.2) is 0 Å². The SMILES string of the molecule is C=CC(=O)Nc1ccc2nc(-c3ccccc3)c(-c3ccccc3)nc2c1. The predicted molar refractivity (Wildman–Crippen MR) is 109 cm³/mol. The first-order valence-corrected chi connectivity index (χ1v) is 8.60. The molecule has 0 unspecified atom stereocenters. The fourth-order valence-corrected chi connectivity index (χ4v) is 2.92. The molecule has 130 valence electrons. The van der Waals surface area contributed by atoms with Crippen LogP contribution in [0.4, 0.5) is 5.69 Å². The molecule has 0 saturated carbocycles. The van der Waals surface area contributed by atoms with E-state index in [1.54, 1.807) is 0 Å². The van der Waals surface area contributed by atoms with Crippen LogP contribution in [0.5, 0.6) is 0 Å². The second-order valence-corrected chi connectivity index (χ2v) is 6.05. The molecule has 4 heteroatoms. The van der Waals surface area contributed by atoms with Crippen molar-refractivity contribution in [3.05, 3.63) is 91.5 Å². The van der Waals surface area contributed by atoms with E-state index in [1.165, 1.54) is 6.08 Å². The van der Waals surface area contributed by atoms with Gasteiger partial charge >= 0.3 is 0 Å². The molecule has 1 amide bonds. The van der Waals surface area contributed by atoms with Gasteiger partial charge in [-0.3, -0.25) is 4.79 Å². The highest BCUT2D eigenvalue weighted by Crippen LogP contribution is 2.31. The third kappa shape index (κ3) is 3.46. The lowest BCUT2D eigenvalue weighted by atomic mass is 10.0. The Morgan fingerprint density at radius 3 is 1.89 bits per heavy atom. The van der Waals surface area contributed by atoms with Crippen LogP contribution < -0.4 is 5.32 Å². The topological polar surface area (TPSA) is 54.9 Å². The van der Waals surface area contributed by atoms with Gasteiger partial charge in [-0.05, 0) is 24.3 Å². The maximum Gasteiger partial charge on any atom is 0.247 e. The number of hydrogen-bond acceptors (Lipinski definition) is 3. The summed E-state index contributed by atoms with van der Waals surface area (Å²) in [6.45, 7) is 3.48. The van der Waals surface area contributed by atoms with Crippen molar-refractivity contribution >= 4 is 22.6 Å². The van der Waals surface area contributed by atoms with E-state index >= 15 is 0 Å².